The summed E-state index contributed by atoms with van der Waals surface area (Å²) in [6.45, 7) is 2.22. The van der Waals surface area contributed by atoms with Crippen molar-refractivity contribution >= 4 is 17.2 Å². The van der Waals surface area contributed by atoms with E-state index >= 15 is 0 Å². The molecule has 0 saturated carbocycles. The zero-order valence-electron chi connectivity index (χ0n) is 14.8. The second kappa shape index (κ2) is 8.02. The summed E-state index contributed by atoms with van der Waals surface area (Å²) < 4.78 is 13.0. The summed E-state index contributed by atoms with van der Waals surface area (Å²) in [5, 5.41) is 2.91. The lowest BCUT2D eigenvalue weighted by molar-refractivity contribution is 0.0955. The summed E-state index contributed by atoms with van der Waals surface area (Å²) in [5.74, 6) is 0.602. The van der Waals surface area contributed by atoms with Crippen molar-refractivity contribution in [3.8, 4) is 0 Å². The molecule has 7 heteroatoms. The van der Waals surface area contributed by atoms with E-state index in [1.54, 1.807) is 29.7 Å². The Morgan fingerprint density at radius 2 is 2.15 bits per heavy atom. The van der Waals surface area contributed by atoms with Gasteiger partial charge in [-0.3, -0.25) is 9.69 Å². The molecule has 0 aliphatic carbocycles. The van der Waals surface area contributed by atoms with Crippen LogP contribution in [0.2, 0.25) is 0 Å². The first-order valence-corrected chi connectivity index (χ1v) is 9.85. The monoisotopic (exact) mass is 384 g/mol. The van der Waals surface area contributed by atoms with E-state index in [1.807, 2.05) is 12.3 Å². The fraction of sp³-hybridized carbons (Fsp3) is 0.300. The van der Waals surface area contributed by atoms with Gasteiger partial charge in [0, 0.05) is 29.9 Å². The zero-order valence-corrected chi connectivity index (χ0v) is 15.6. The molecule has 1 fully saturated rings. The number of aromatic nitrogens is 2. The van der Waals surface area contributed by atoms with E-state index in [-0.39, 0.29) is 11.7 Å². The minimum atomic E-state index is -0.274. The van der Waals surface area contributed by atoms with E-state index in [2.05, 4.69) is 26.3 Å². The molecule has 0 spiro atoms. The molecule has 5 nitrogen and oxygen atoms in total. The highest BCUT2D eigenvalue weighted by molar-refractivity contribution is 7.14. The Kier molecular flexibility index (Phi) is 5.31. The first-order valence-electron chi connectivity index (χ1n) is 9.04. The number of H-pyrrole nitrogens is 1. The van der Waals surface area contributed by atoms with Crippen LogP contribution in [0.25, 0.3) is 0 Å². The van der Waals surface area contributed by atoms with Crippen molar-refractivity contribution in [3.63, 3.8) is 0 Å². The molecular weight excluding hydrogens is 363 g/mol. The van der Waals surface area contributed by atoms with Gasteiger partial charge < -0.3 is 10.3 Å². The number of nitrogens with zero attached hydrogens (tertiary/aromatic N) is 2. The lowest BCUT2D eigenvalue weighted by atomic mass is 10.2. The molecule has 1 aromatic carbocycles. The van der Waals surface area contributed by atoms with E-state index in [9.17, 15) is 9.18 Å². The first kappa shape index (κ1) is 17.9. The Bertz CT molecular complexity index is 891. The predicted molar refractivity (Wildman–Crippen MR) is 103 cm³/mol. The van der Waals surface area contributed by atoms with Crippen LogP contribution in [0.1, 0.15) is 44.8 Å². The highest BCUT2D eigenvalue weighted by atomic mass is 32.1. The van der Waals surface area contributed by atoms with Crippen molar-refractivity contribution in [2.24, 2.45) is 0 Å². The number of hydrogen-bond acceptors (Lipinski definition) is 4. The highest BCUT2D eigenvalue weighted by Crippen LogP contribution is 2.36. The molecule has 4 rings (SSSR count). The first-order chi connectivity index (χ1) is 13.2. The fourth-order valence-corrected chi connectivity index (χ4v) is 4.53. The van der Waals surface area contributed by atoms with E-state index in [0.29, 0.717) is 17.5 Å². The number of hydrogen-bond donors (Lipinski definition) is 2. The lowest BCUT2D eigenvalue weighted by Gasteiger charge is -2.22. The average Bonchev–Trinajstić information content (AvgIpc) is 3.43. The number of thiophene rings is 1. The Balaban J connectivity index is 1.38. The van der Waals surface area contributed by atoms with Gasteiger partial charge >= 0.3 is 0 Å². The molecule has 1 aliphatic rings. The van der Waals surface area contributed by atoms with Gasteiger partial charge in [-0.05, 0) is 49.2 Å². The zero-order chi connectivity index (χ0) is 18.6. The van der Waals surface area contributed by atoms with Gasteiger partial charge in [0.25, 0.3) is 5.91 Å². The molecule has 1 amide bonds. The van der Waals surface area contributed by atoms with E-state index in [4.69, 9.17) is 0 Å². The van der Waals surface area contributed by atoms with Crippen molar-refractivity contribution in [1.82, 2.24) is 20.2 Å². The van der Waals surface area contributed by atoms with E-state index < -0.39 is 0 Å². The maximum atomic E-state index is 13.0. The maximum absolute atomic E-state index is 13.0. The minimum Gasteiger partial charge on any atom is -0.348 e. The normalized spacial score (nSPS) is 17.3. The summed E-state index contributed by atoms with van der Waals surface area (Å²) in [7, 11) is 0. The molecule has 2 N–H and O–H groups in total. The summed E-state index contributed by atoms with van der Waals surface area (Å²) in [6, 6.07) is 10.4. The minimum absolute atomic E-state index is 0.0915. The van der Waals surface area contributed by atoms with Gasteiger partial charge in [-0.15, -0.1) is 11.3 Å². The molecule has 1 saturated heterocycles. The summed E-state index contributed by atoms with van der Waals surface area (Å²) in [6.07, 6.45) is 5.86. The van der Waals surface area contributed by atoms with Crippen LogP contribution in [-0.4, -0.2) is 27.3 Å². The van der Waals surface area contributed by atoms with Crippen LogP contribution in [0.4, 0.5) is 4.39 Å². The Morgan fingerprint density at radius 1 is 1.30 bits per heavy atom. The van der Waals surface area contributed by atoms with Crippen LogP contribution >= 0.6 is 11.3 Å². The maximum Gasteiger partial charge on any atom is 0.261 e. The van der Waals surface area contributed by atoms with Crippen molar-refractivity contribution in [2.75, 3.05) is 6.54 Å². The van der Waals surface area contributed by atoms with Crippen molar-refractivity contribution < 1.29 is 9.18 Å². The SMILES string of the molecule is O=C(NCc1ccc(F)cc1)c1ccc([C@@H]2CCCN2Cc2ncc[nH]2)s1. The van der Waals surface area contributed by atoms with Gasteiger partial charge in [-0.1, -0.05) is 12.1 Å². The molecule has 2 aromatic heterocycles. The lowest BCUT2D eigenvalue weighted by Crippen LogP contribution is -2.23. The third kappa shape index (κ3) is 4.26. The average molecular weight is 384 g/mol. The number of halogens is 1. The second-order valence-corrected chi connectivity index (χ2v) is 7.79. The Hall–Kier alpha value is -2.51. The Morgan fingerprint density at radius 3 is 2.93 bits per heavy atom. The van der Waals surface area contributed by atoms with Crippen LogP contribution in [0.5, 0.6) is 0 Å². The molecule has 1 aliphatic heterocycles. The summed E-state index contributed by atoms with van der Waals surface area (Å²) >= 11 is 1.55. The fourth-order valence-electron chi connectivity index (χ4n) is 3.44. The number of carbonyl (C=O) groups is 1. The number of amides is 1. The second-order valence-electron chi connectivity index (χ2n) is 6.68. The Labute approximate surface area is 161 Å². The molecule has 0 unspecified atom stereocenters. The van der Waals surface area contributed by atoms with Gasteiger partial charge in [0.05, 0.1) is 11.4 Å². The molecule has 27 heavy (non-hydrogen) atoms. The number of carbonyl (C=O) groups excluding carboxylic acids is 1. The predicted octanol–water partition coefficient (Wildman–Crippen LogP) is 3.88. The topological polar surface area (TPSA) is 61.0 Å². The molecule has 0 radical (unpaired) electrons. The van der Waals surface area contributed by atoms with E-state index in [0.717, 1.165) is 37.3 Å². The molecular formula is C20H21FN4OS. The molecule has 140 valence electrons. The molecule has 3 heterocycles. The van der Waals surface area contributed by atoms with Crippen LogP contribution in [0.3, 0.4) is 0 Å². The number of imidazole rings is 1. The number of nitrogens with one attached hydrogen (secondary N) is 2. The van der Waals surface area contributed by atoms with Crippen molar-refractivity contribution in [1.29, 1.82) is 0 Å². The number of rotatable bonds is 6. The number of likely N-dealkylation sites (tertiary alicyclic amines) is 1. The number of aromatic amines is 1. The van der Waals surface area contributed by atoms with Gasteiger partial charge in [-0.2, -0.15) is 0 Å². The van der Waals surface area contributed by atoms with Gasteiger partial charge in [0.1, 0.15) is 11.6 Å². The quantitative estimate of drug-likeness (QED) is 0.678. The van der Waals surface area contributed by atoms with E-state index in [1.165, 1.54) is 17.0 Å². The third-order valence-electron chi connectivity index (χ3n) is 4.82. The highest BCUT2D eigenvalue weighted by Gasteiger charge is 2.28. The summed E-state index contributed by atoms with van der Waals surface area (Å²) in [5.41, 5.74) is 0.877. The van der Waals surface area contributed by atoms with Crippen LogP contribution in [-0.2, 0) is 13.1 Å². The van der Waals surface area contributed by atoms with Crippen LogP contribution in [0, 0.1) is 5.82 Å². The summed E-state index contributed by atoms with van der Waals surface area (Å²) in [4.78, 5) is 24.3. The third-order valence-corrected chi connectivity index (χ3v) is 6.00. The van der Waals surface area contributed by atoms with Gasteiger partial charge in [-0.25, -0.2) is 9.37 Å². The molecule has 1 atom stereocenters. The smallest absolute Gasteiger partial charge is 0.261 e. The van der Waals surface area contributed by atoms with Gasteiger partial charge in [0.15, 0.2) is 0 Å². The van der Waals surface area contributed by atoms with Crippen molar-refractivity contribution in [2.45, 2.75) is 32.0 Å². The largest absolute Gasteiger partial charge is 0.348 e. The van der Waals surface area contributed by atoms with Crippen LogP contribution in [0.15, 0.2) is 48.8 Å². The standard InChI is InChI=1S/C20H21FN4OS/c21-15-5-3-14(4-6-15)12-24-20(26)18-8-7-17(27-18)16-2-1-11-25(16)13-19-22-9-10-23-19/h3-10,16H,1-2,11-13H2,(H,22,23)(H,24,26)/t16-/m0/s1. The van der Waals surface area contributed by atoms with Crippen LogP contribution < -0.4 is 5.32 Å². The molecule has 3 aromatic rings. The molecule has 0 bridgehead atoms. The number of benzene rings is 1. The van der Waals surface area contributed by atoms with Crippen molar-refractivity contribution in [3.05, 3.63) is 75.8 Å². The van der Waals surface area contributed by atoms with Gasteiger partial charge in [0.2, 0.25) is 0 Å².